The zero-order valence-corrected chi connectivity index (χ0v) is 21.0. The van der Waals surface area contributed by atoms with Crippen LogP contribution in [0.4, 0.5) is 0 Å². The summed E-state index contributed by atoms with van der Waals surface area (Å²) in [4.78, 5) is 66.8. The molecule has 1 heterocycles. The summed E-state index contributed by atoms with van der Waals surface area (Å²) in [6, 6.07) is -3.71. The van der Waals surface area contributed by atoms with Gasteiger partial charge in [-0.15, -0.1) is 0 Å². The van der Waals surface area contributed by atoms with E-state index in [1.807, 2.05) is 0 Å². The molecule has 17 N–H and O–H groups in total. The normalized spacial score (nSPS) is 12.9. The van der Waals surface area contributed by atoms with Gasteiger partial charge < -0.3 is 59.8 Å². The summed E-state index contributed by atoms with van der Waals surface area (Å²) >= 11 is 0. The summed E-state index contributed by atoms with van der Waals surface area (Å²) in [6.07, 6.45) is 3.15. The molecule has 0 aliphatic heterocycles. The highest BCUT2D eigenvalue weighted by molar-refractivity contribution is 5.83. The highest BCUT2D eigenvalue weighted by Gasteiger charge is 2.15. The van der Waals surface area contributed by atoms with Gasteiger partial charge in [0.1, 0.15) is 24.2 Å². The molecule has 18 heteroatoms. The summed E-state index contributed by atoms with van der Waals surface area (Å²) in [5.41, 5.74) is 30.5. The third-order valence-electron chi connectivity index (χ3n) is 4.07. The summed E-state index contributed by atoms with van der Waals surface area (Å²) in [5, 5.41) is 33.0. The number of amides is 2. The number of aromatic amines is 1. The number of nitrogens with zero attached hydrogens (tertiary/aromatic N) is 1. The lowest BCUT2D eigenvalue weighted by atomic mass is 10.1. The highest BCUT2D eigenvalue weighted by atomic mass is 16.4. The Bertz CT molecular complexity index is 879. The number of aromatic nitrogens is 2. The topological polar surface area (TPSA) is 368 Å². The van der Waals surface area contributed by atoms with Crippen LogP contribution in [0.1, 0.15) is 38.8 Å². The standard InChI is InChI=1S/C6H9N3O2.C5H10N2O3.C5H11NO2.C4H8N2O3/c7-5(6(10)11)1-4-2-8-3-9-4;6-3(5(9)10)1-2-4(7)8;1-3(2)4(6)5(7)8;5-2(4(8)9)1-3(6)7/h2-3,5H,1,7H2,(H,8,9)(H,10,11);3H,1-2,6H2,(H2,7,8)(H,9,10);3-4H,6H2,1-2H3,(H,7,8);2H,1,5H2,(H2,6,7)(H,8,9). The predicted octanol–water partition coefficient (Wildman–Crippen LogP) is -3.64. The van der Waals surface area contributed by atoms with Crippen molar-refractivity contribution in [2.45, 2.75) is 63.7 Å². The number of nitrogens with two attached hydrogens (primary N) is 6. The molecule has 0 saturated heterocycles. The fraction of sp³-hybridized carbons (Fsp3) is 0.550. The maximum absolute atomic E-state index is 10.3. The van der Waals surface area contributed by atoms with Crippen LogP contribution < -0.4 is 34.4 Å². The van der Waals surface area contributed by atoms with Crippen molar-refractivity contribution in [1.29, 1.82) is 0 Å². The Kier molecular flexibility index (Phi) is 21.2. The Morgan fingerprint density at radius 2 is 1.26 bits per heavy atom. The first-order chi connectivity index (χ1) is 17.3. The van der Waals surface area contributed by atoms with Crippen molar-refractivity contribution < 1.29 is 49.2 Å². The van der Waals surface area contributed by atoms with Crippen molar-refractivity contribution in [3.05, 3.63) is 18.2 Å². The monoisotopic (exact) mass is 550 g/mol. The summed E-state index contributed by atoms with van der Waals surface area (Å²) in [7, 11) is 0. The Morgan fingerprint density at radius 1 is 0.789 bits per heavy atom. The molecule has 0 aliphatic carbocycles. The van der Waals surface area contributed by atoms with Gasteiger partial charge in [0.15, 0.2) is 0 Å². The smallest absolute Gasteiger partial charge is 0.321 e. The van der Waals surface area contributed by atoms with Gasteiger partial charge in [-0.3, -0.25) is 28.8 Å². The van der Waals surface area contributed by atoms with E-state index in [-0.39, 0.29) is 31.6 Å². The van der Waals surface area contributed by atoms with Gasteiger partial charge in [0.2, 0.25) is 11.8 Å². The first kappa shape index (κ1) is 38.4. The number of nitrogens with one attached hydrogen (secondary N) is 1. The fourth-order valence-electron chi connectivity index (χ4n) is 1.73. The SMILES string of the molecule is CC(C)C(N)C(=O)O.NC(=O)CC(N)C(=O)O.NC(=O)CCC(N)C(=O)O.NC(Cc1cnc[nH]1)C(=O)O. The van der Waals surface area contributed by atoms with Gasteiger partial charge in [-0.2, -0.15) is 0 Å². The van der Waals surface area contributed by atoms with Gasteiger partial charge in [-0.25, -0.2) is 4.98 Å². The number of carbonyl (C=O) groups is 6. The molecule has 0 aromatic carbocycles. The van der Waals surface area contributed by atoms with E-state index >= 15 is 0 Å². The molecule has 0 bridgehead atoms. The molecule has 0 radical (unpaired) electrons. The van der Waals surface area contributed by atoms with Crippen LogP contribution in [0, 0.1) is 5.92 Å². The number of rotatable bonds is 12. The van der Waals surface area contributed by atoms with Gasteiger partial charge in [-0.05, 0) is 12.3 Å². The lowest BCUT2D eigenvalue weighted by Gasteiger charge is -2.07. The van der Waals surface area contributed by atoms with Crippen molar-refractivity contribution in [3.8, 4) is 0 Å². The summed E-state index contributed by atoms with van der Waals surface area (Å²) in [6.45, 7) is 3.55. The molecule has 0 fully saturated rings. The molecular weight excluding hydrogens is 512 g/mol. The maximum Gasteiger partial charge on any atom is 0.321 e. The van der Waals surface area contributed by atoms with Crippen LogP contribution in [0.5, 0.6) is 0 Å². The van der Waals surface area contributed by atoms with E-state index in [9.17, 15) is 28.8 Å². The first-order valence-corrected chi connectivity index (χ1v) is 10.8. The minimum Gasteiger partial charge on any atom is -0.480 e. The fourth-order valence-corrected chi connectivity index (χ4v) is 1.73. The molecule has 4 unspecified atom stereocenters. The van der Waals surface area contributed by atoms with E-state index in [4.69, 9.17) is 49.1 Å². The lowest BCUT2D eigenvalue weighted by molar-refractivity contribution is -0.140. The number of aliphatic carboxylic acids is 4. The van der Waals surface area contributed by atoms with Crippen LogP contribution in [0.2, 0.25) is 0 Å². The van der Waals surface area contributed by atoms with Crippen molar-refractivity contribution >= 4 is 35.7 Å². The Labute approximate surface area is 217 Å². The quantitative estimate of drug-likeness (QED) is 0.119. The average molecular weight is 551 g/mol. The number of imidazole rings is 1. The second-order valence-corrected chi connectivity index (χ2v) is 7.90. The van der Waals surface area contributed by atoms with Crippen LogP contribution in [0.3, 0.4) is 0 Å². The van der Waals surface area contributed by atoms with E-state index in [1.165, 1.54) is 6.33 Å². The lowest BCUT2D eigenvalue weighted by Crippen LogP contribution is -2.34. The summed E-state index contributed by atoms with van der Waals surface area (Å²) < 4.78 is 0. The molecule has 0 aliphatic rings. The second-order valence-electron chi connectivity index (χ2n) is 7.90. The molecule has 0 saturated carbocycles. The molecule has 4 atom stereocenters. The van der Waals surface area contributed by atoms with Crippen LogP contribution in [-0.4, -0.2) is 90.3 Å². The number of carboxylic acid groups (broad SMARTS) is 4. The zero-order chi connectivity index (χ0) is 30.6. The van der Waals surface area contributed by atoms with Crippen molar-refractivity contribution in [2.75, 3.05) is 0 Å². The van der Waals surface area contributed by atoms with Crippen LogP contribution in [0.25, 0.3) is 0 Å². The highest BCUT2D eigenvalue weighted by Crippen LogP contribution is 1.96. The van der Waals surface area contributed by atoms with Gasteiger partial charge in [0, 0.05) is 24.7 Å². The van der Waals surface area contributed by atoms with Gasteiger partial charge in [-0.1, -0.05) is 13.8 Å². The van der Waals surface area contributed by atoms with E-state index in [2.05, 4.69) is 15.7 Å². The molecule has 1 aromatic heterocycles. The van der Waals surface area contributed by atoms with Gasteiger partial charge >= 0.3 is 23.9 Å². The van der Waals surface area contributed by atoms with Crippen LogP contribution in [0.15, 0.2) is 12.5 Å². The second kappa shape index (κ2) is 21.0. The van der Waals surface area contributed by atoms with Gasteiger partial charge in [0.05, 0.1) is 12.7 Å². The largest absolute Gasteiger partial charge is 0.480 e. The minimum absolute atomic E-state index is 0.0208. The molecule has 1 aromatic rings. The first-order valence-electron chi connectivity index (χ1n) is 10.8. The Balaban J connectivity index is -0.000000433. The van der Waals surface area contributed by atoms with E-state index in [0.29, 0.717) is 0 Å². The molecule has 1 rings (SSSR count). The number of hydrogen-bond donors (Lipinski definition) is 11. The minimum atomic E-state index is -1.21. The van der Waals surface area contributed by atoms with Crippen LogP contribution in [-0.2, 0) is 35.2 Å². The Morgan fingerprint density at radius 3 is 1.50 bits per heavy atom. The number of hydrogen-bond acceptors (Lipinski definition) is 11. The van der Waals surface area contributed by atoms with Crippen molar-refractivity contribution in [3.63, 3.8) is 0 Å². The van der Waals surface area contributed by atoms with E-state index in [0.717, 1.165) is 5.69 Å². The third kappa shape index (κ3) is 23.6. The van der Waals surface area contributed by atoms with E-state index < -0.39 is 59.9 Å². The third-order valence-corrected chi connectivity index (χ3v) is 4.07. The van der Waals surface area contributed by atoms with E-state index in [1.54, 1.807) is 20.0 Å². The molecule has 38 heavy (non-hydrogen) atoms. The molecular formula is C20H38N8O10. The number of carbonyl (C=O) groups excluding carboxylic acids is 2. The zero-order valence-electron chi connectivity index (χ0n) is 21.0. The number of H-pyrrole nitrogens is 1. The number of primary amides is 2. The van der Waals surface area contributed by atoms with Gasteiger partial charge in [0.25, 0.3) is 0 Å². The molecule has 218 valence electrons. The Hall–Kier alpha value is -4.13. The van der Waals surface area contributed by atoms with Crippen molar-refractivity contribution in [2.24, 2.45) is 40.3 Å². The average Bonchev–Trinajstić information content (AvgIpc) is 3.30. The predicted molar refractivity (Wildman–Crippen MR) is 132 cm³/mol. The maximum atomic E-state index is 10.3. The number of carboxylic acids is 4. The van der Waals surface area contributed by atoms with Crippen molar-refractivity contribution in [1.82, 2.24) is 9.97 Å². The van der Waals surface area contributed by atoms with Crippen LogP contribution >= 0.6 is 0 Å². The molecule has 2 amide bonds. The summed E-state index contributed by atoms with van der Waals surface area (Å²) in [5.74, 6) is -5.47. The molecule has 18 nitrogen and oxygen atoms in total. The molecule has 0 spiro atoms.